The van der Waals surface area contributed by atoms with Gasteiger partial charge in [0, 0.05) is 6.42 Å². The molecule has 0 unspecified atom stereocenters. The van der Waals surface area contributed by atoms with Gasteiger partial charge in [0.1, 0.15) is 0 Å². The molecule has 0 aromatic heterocycles. The highest BCUT2D eigenvalue weighted by molar-refractivity contribution is 6.33. The van der Waals surface area contributed by atoms with Gasteiger partial charge in [0.2, 0.25) is 11.8 Å². The number of halogens is 1. The van der Waals surface area contributed by atoms with Gasteiger partial charge in [-0.15, -0.1) is 0 Å². The summed E-state index contributed by atoms with van der Waals surface area (Å²) < 4.78 is 0. The van der Waals surface area contributed by atoms with Gasteiger partial charge in [0.25, 0.3) is 0 Å². The van der Waals surface area contributed by atoms with Crippen LogP contribution in [-0.2, 0) is 9.59 Å². The summed E-state index contributed by atoms with van der Waals surface area (Å²) in [6.07, 6.45) is 3.47. The Morgan fingerprint density at radius 3 is 2.36 bits per heavy atom. The zero-order chi connectivity index (χ0) is 18.7. The lowest BCUT2D eigenvalue weighted by Gasteiger charge is -2.20. The summed E-state index contributed by atoms with van der Waals surface area (Å²) in [5.41, 5.74) is 1.58. The first kappa shape index (κ1) is 21.5. The molecule has 0 radical (unpaired) electrons. The number of benzene rings is 1. The van der Waals surface area contributed by atoms with Gasteiger partial charge in [0.15, 0.2) is 0 Å². The lowest BCUT2D eigenvalue weighted by atomic mass is 10.2. The third-order valence-corrected chi connectivity index (χ3v) is 4.12. The molecule has 5 nitrogen and oxygen atoms in total. The maximum atomic E-state index is 11.9. The lowest BCUT2D eigenvalue weighted by Crippen LogP contribution is -2.33. The summed E-state index contributed by atoms with van der Waals surface area (Å²) >= 11 is 6.08. The smallest absolute Gasteiger partial charge is 0.243 e. The maximum Gasteiger partial charge on any atom is 0.243 e. The van der Waals surface area contributed by atoms with Gasteiger partial charge in [-0.25, -0.2) is 0 Å². The topological polar surface area (TPSA) is 61.4 Å². The van der Waals surface area contributed by atoms with Crippen LogP contribution in [0.2, 0.25) is 5.02 Å². The van der Waals surface area contributed by atoms with Crippen LogP contribution in [0, 0.1) is 6.92 Å². The number of aryl methyl sites for hydroxylation is 1. The molecule has 0 aliphatic rings. The average Bonchev–Trinajstić information content (AvgIpc) is 2.56. The van der Waals surface area contributed by atoms with E-state index < -0.39 is 0 Å². The van der Waals surface area contributed by atoms with Gasteiger partial charge >= 0.3 is 0 Å². The van der Waals surface area contributed by atoms with Crippen molar-refractivity contribution in [1.82, 2.24) is 10.2 Å². The maximum absolute atomic E-state index is 11.9. The molecule has 0 bridgehead atoms. The van der Waals surface area contributed by atoms with Gasteiger partial charge in [-0.1, -0.05) is 31.5 Å². The van der Waals surface area contributed by atoms with Crippen molar-refractivity contribution in [2.45, 2.75) is 46.5 Å². The molecule has 6 heteroatoms. The van der Waals surface area contributed by atoms with Crippen molar-refractivity contribution in [1.29, 1.82) is 0 Å². The number of carbonyl (C=O) groups excluding carboxylic acids is 2. The van der Waals surface area contributed by atoms with Crippen LogP contribution < -0.4 is 10.6 Å². The van der Waals surface area contributed by atoms with Crippen LogP contribution in [0.4, 0.5) is 5.69 Å². The molecule has 1 aromatic carbocycles. The third-order valence-electron chi connectivity index (χ3n) is 3.80. The molecule has 0 aliphatic heterocycles. The zero-order valence-electron chi connectivity index (χ0n) is 15.5. The summed E-state index contributed by atoms with van der Waals surface area (Å²) in [6, 6.07) is 5.42. The minimum atomic E-state index is -0.280. The van der Waals surface area contributed by atoms with Crippen molar-refractivity contribution in [3.05, 3.63) is 28.8 Å². The van der Waals surface area contributed by atoms with Crippen molar-refractivity contribution in [3.8, 4) is 0 Å². The normalized spacial score (nSPS) is 10.8. The molecule has 0 atom stereocenters. The average molecular weight is 368 g/mol. The number of rotatable bonds is 11. The molecule has 0 saturated heterocycles. The molecular formula is C19H30ClN3O2. The van der Waals surface area contributed by atoms with Crippen LogP contribution in [0.15, 0.2) is 18.2 Å². The van der Waals surface area contributed by atoms with Crippen LogP contribution in [0.25, 0.3) is 0 Å². The van der Waals surface area contributed by atoms with E-state index in [0.717, 1.165) is 44.5 Å². The highest BCUT2D eigenvalue weighted by atomic mass is 35.5. The van der Waals surface area contributed by atoms with Crippen molar-refractivity contribution >= 4 is 29.1 Å². The Morgan fingerprint density at radius 1 is 1.08 bits per heavy atom. The minimum absolute atomic E-state index is 0.0450. The van der Waals surface area contributed by atoms with E-state index in [0.29, 0.717) is 17.1 Å². The molecule has 0 aliphatic carbocycles. The standard InChI is InChI=1S/C19H30ClN3O2/c1-4-10-23(11-5-2)12-6-7-18(24)21-14-19(25)22-17-9-8-15(3)13-16(17)20/h8-9,13H,4-7,10-12,14H2,1-3H3,(H,21,24)(H,22,25). The fraction of sp³-hybridized carbons (Fsp3) is 0.579. The van der Waals surface area contributed by atoms with E-state index in [4.69, 9.17) is 11.6 Å². The largest absolute Gasteiger partial charge is 0.347 e. The number of anilines is 1. The Kier molecular flexibility index (Phi) is 10.2. The highest BCUT2D eigenvalue weighted by Gasteiger charge is 2.09. The molecule has 2 N–H and O–H groups in total. The van der Waals surface area contributed by atoms with Crippen molar-refractivity contribution in [2.75, 3.05) is 31.5 Å². The number of hydrogen-bond acceptors (Lipinski definition) is 3. The molecule has 2 amide bonds. The van der Waals surface area contributed by atoms with E-state index in [9.17, 15) is 9.59 Å². The number of carbonyl (C=O) groups is 2. The molecule has 140 valence electrons. The highest BCUT2D eigenvalue weighted by Crippen LogP contribution is 2.22. The lowest BCUT2D eigenvalue weighted by molar-refractivity contribution is -0.124. The molecule has 1 aromatic rings. The molecular weight excluding hydrogens is 338 g/mol. The molecule has 0 heterocycles. The van der Waals surface area contributed by atoms with E-state index in [2.05, 4.69) is 29.4 Å². The van der Waals surface area contributed by atoms with Gasteiger partial charge in [-0.3, -0.25) is 9.59 Å². The second-order valence-electron chi connectivity index (χ2n) is 6.25. The summed E-state index contributed by atoms with van der Waals surface area (Å²) in [5.74, 6) is -0.379. The van der Waals surface area contributed by atoms with E-state index in [1.54, 1.807) is 12.1 Å². The van der Waals surface area contributed by atoms with Gasteiger partial charge in [0.05, 0.1) is 17.3 Å². The predicted octanol–water partition coefficient (Wildman–Crippen LogP) is 3.61. The second kappa shape index (κ2) is 11.9. The number of nitrogens with zero attached hydrogens (tertiary/aromatic N) is 1. The quantitative estimate of drug-likeness (QED) is 0.628. The fourth-order valence-corrected chi connectivity index (χ4v) is 2.90. The number of nitrogens with one attached hydrogen (secondary N) is 2. The summed E-state index contributed by atoms with van der Waals surface area (Å²) in [5, 5.41) is 5.86. The second-order valence-corrected chi connectivity index (χ2v) is 6.66. The summed E-state index contributed by atoms with van der Waals surface area (Å²) in [6.45, 7) is 9.25. The third kappa shape index (κ3) is 8.89. The van der Waals surface area contributed by atoms with Gasteiger partial charge in [-0.2, -0.15) is 0 Å². The van der Waals surface area contributed by atoms with E-state index in [1.807, 2.05) is 13.0 Å². The molecule has 1 rings (SSSR count). The van der Waals surface area contributed by atoms with Crippen LogP contribution in [0.5, 0.6) is 0 Å². The minimum Gasteiger partial charge on any atom is -0.347 e. The molecule has 0 saturated carbocycles. The monoisotopic (exact) mass is 367 g/mol. The van der Waals surface area contributed by atoms with Gasteiger partial charge < -0.3 is 15.5 Å². The summed E-state index contributed by atoms with van der Waals surface area (Å²) in [7, 11) is 0. The summed E-state index contributed by atoms with van der Waals surface area (Å²) in [4.78, 5) is 26.2. The zero-order valence-corrected chi connectivity index (χ0v) is 16.3. The Balaban J connectivity index is 2.27. The van der Waals surface area contributed by atoms with Crippen molar-refractivity contribution in [3.63, 3.8) is 0 Å². The predicted molar refractivity (Wildman–Crippen MR) is 104 cm³/mol. The fourth-order valence-electron chi connectivity index (χ4n) is 2.61. The van der Waals surface area contributed by atoms with Gasteiger partial charge in [-0.05, 0) is 63.5 Å². The van der Waals surface area contributed by atoms with Crippen LogP contribution in [0.3, 0.4) is 0 Å². The van der Waals surface area contributed by atoms with E-state index in [-0.39, 0.29) is 18.4 Å². The van der Waals surface area contributed by atoms with Crippen molar-refractivity contribution in [2.24, 2.45) is 0 Å². The Bertz CT molecular complexity index is 558. The number of amides is 2. The first-order chi connectivity index (χ1) is 12.0. The first-order valence-corrected chi connectivity index (χ1v) is 9.39. The number of hydrogen-bond donors (Lipinski definition) is 2. The van der Waals surface area contributed by atoms with Crippen LogP contribution >= 0.6 is 11.6 Å². The van der Waals surface area contributed by atoms with Crippen molar-refractivity contribution < 1.29 is 9.59 Å². The Labute approximate surface area is 156 Å². The van der Waals surface area contributed by atoms with E-state index in [1.165, 1.54) is 0 Å². The van der Waals surface area contributed by atoms with Crippen LogP contribution in [-0.4, -0.2) is 42.9 Å². The van der Waals surface area contributed by atoms with E-state index >= 15 is 0 Å². The molecule has 25 heavy (non-hydrogen) atoms. The Morgan fingerprint density at radius 2 is 1.76 bits per heavy atom. The Hall–Kier alpha value is -1.59. The van der Waals surface area contributed by atoms with Crippen LogP contribution in [0.1, 0.15) is 45.1 Å². The first-order valence-electron chi connectivity index (χ1n) is 9.01. The molecule has 0 spiro atoms. The SMILES string of the molecule is CCCN(CCC)CCCC(=O)NCC(=O)Nc1ccc(C)cc1Cl. The molecule has 0 fully saturated rings.